The summed E-state index contributed by atoms with van der Waals surface area (Å²) in [6.45, 7) is -1.08. The van der Waals surface area contributed by atoms with Crippen LogP contribution in [0, 0.1) is 23.3 Å². The van der Waals surface area contributed by atoms with Gasteiger partial charge in [-0.1, -0.05) is 0 Å². The van der Waals surface area contributed by atoms with Gasteiger partial charge in [-0.05, 0) is 18.2 Å². The normalized spacial score (nSPS) is 12.3. The van der Waals surface area contributed by atoms with Gasteiger partial charge in [-0.3, -0.25) is 4.55 Å². The van der Waals surface area contributed by atoms with Gasteiger partial charge in [-0.25, -0.2) is 17.6 Å². The predicted molar refractivity (Wildman–Crippen MR) is 76.5 cm³/mol. The van der Waals surface area contributed by atoms with Crippen LogP contribution in [-0.4, -0.2) is 18.1 Å². The van der Waals surface area contributed by atoms with Crippen LogP contribution < -0.4 is 5.32 Å². The molecule has 0 bridgehead atoms. The monoisotopic (exact) mass is 419 g/mol. The second kappa shape index (κ2) is 6.88. The predicted octanol–water partition coefficient (Wildman–Crippen LogP) is 3.83. The summed E-state index contributed by atoms with van der Waals surface area (Å²) in [6.07, 6.45) is -5.68. The van der Waals surface area contributed by atoms with E-state index in [9.17, 15) is 44.3 Å². The van der Waals surface area contributed by atoms with E-state index < -0.39 is 67.9 Å². The minimum Gasteiger partial charge on any atom is -0.506 e. The lowest BCUT2D eigenvalue weighted by Gasteiger charge is -2.15. The van der Waals surface area contributed by atoms with Crippen LogP contribution in [0.15, 0.2) is 23.1 Å². The molecule has 5 nitrogen and oxygen atoms in total. The first-order valence-electron chi connectivity index (χ1n) is 6.71. The smallest absolute Gasteiger partial charge is 0.422 e. The largest absolute Gasteiger partial charge is 0.506 e. The molecule has 13 heteroatoms. The molecule has 0 aliphatic rings. The Labute approximate surface area is 146 Å². The fourth-order valence-electron chi connectivity index (χ4n) is 2.10. The van der Waals surface area contributed by atoms with E-state index in [2.05, 4.69) is 5.32 Å². The highest BCUT2D eigenvalue weighted by atomic mass is 32.2. The van der Waals surface area contributed by atoms with Gasteiger partial charge in [0.1, 0.15) is 16.2 Å². The van der Waals surface area contributed by atoms with Gasteiger partial charge in [0.2, 0.25) is 0 Å². The number of nitrogens with one attached hydrogen (secondary N) is 1. The molecule has 0 atom stereocenters. The number of aromatic hydroxyl groups is 1. The Balaban J connectivity index is 2.43. The van der Waals surface area contributed by atoms with E-state index in [1.807, 2.05) is 0 Å². The van der Waals surface area contributed by atoms with E-state index in [4.69, 9.17) is 4.55 Å². The van der Waals surface area contributed by atoms with E-state index in [1.54, 1.807) is 0 Å². The van der Waals surface area contributed by atoms with E-state index in [0.29, 0.717) is 6.07 Å². The van der Waals surface area contributed by atoms with Crippen molar-refractivity contribution in [3.8, 4) is 5.75 Å². The Morgan fingerprint density at radius 1 is 0.963 bits per heavy atom. The molecule has 0 aromatic heterocycles. The number of anilines is 1. The Hall–Kier alpha value is -2.54. The lowest BCUT2D eigenvalue weighted by atomic mass is 10.1. The number of alkyl halides is 3. The summed E-state index contributed by atoms with van der Waals surface area (Å²) >= 11 is 0. The zero-order valence-corrected chi connectivity index (χ0v) is 13.5. The molecule has 0 saturated heterocycles. The van der Waals surface area contributed by atoms with Gasteiger partial charge in [0.15, 0.2) is 23.3 Å². The summed E-state index contributed by atoms with van der Waals surface area (Å²) in [5, 5.41) is 11.4. The number of rotatable bonds is 4. The van der Waals surface area contributed by atoms with Crippen LogP contribution in [0.4, 0.5) is 36.4 Å². The summed E-state index contributed by atoms with van der Waals surface area (Å²) in [5.74, 6) is -10.7. The molecule has 0 amide bonds. The first kappa shape index (κ1) is 20.8. The zero-order chi connectivity index (χ0) is 20.7. The number of halogens is 7. The molecule has 0 saturated carbocycles. The van der Waals surface area contributed by atoms with Gasteiger partial charge >= 0.3 is 6.18 Å². The van der Waals surface area contributed by atoms with Crippen LogP contribution in [0.1, 0.15) is 11.1 Å². The Morgan fingerprint density at radius 3 is 1.93 bits per heavy atom. The zero-order valence-electron chi connectivity index (χ0n) is 12.7. The molecular formula is C14H8F7NO4S. The molecule has 0 aliphatic heterocycles. The fraction of sp³-hybridized carbons (Fsp3) is 0.143. The molecule has 27 heavy (non-hydrogen) atoms. The lowest BCUT2D eigenvalue weighted by molar-refractivity contribution is -0.143. The van der Waals surface area contributed by atoms with Crippen molar-refractivity contribution in [2.75, 3.05) is 5.32 Å². The number of hydrogen-bond acceptors (Lipinski definition) is 4. The molecular weight excluding hydrogens is 411 g/mol. The maximum absolute atomic E-state index is 13.8. The summed E-state index contributed by atoms with van der Waals surface area (Å²) in [4.78, 5) is -0.988. The van der Waals surface area contributed by atoms with Crippen molar-refractivity contribution in [2.24, 2.45) is 0 Å². The fourth-order valence-corrected chi connectivity index (χ4v) is 2.71. The lowest BCUT2D eigenvalue weighted by Crippen LogP contribution is -2.18. The molecule has 0 aliphatic carbocycles. The first-order valence-corrected chi connectivity index (χ1v) is 8.15. The molecule has 2 rings (SSSR count). The van der Waals surface area contributed by atoms with Crippen LogP contribution in [0.25, 0.3) is 0 Å². The quantitative estimate of drug-likeness (QED) is 0.304. The molecule has 2 aromatic rings. The SMILES string of the molecule is O=S(=O)(O)c1cc(NCc2c(F)c(F)c(C(F)(F)F)c(F)c2F)ccc1O. The molecule has 2 aromatic carbocycles. The molecule has 0 heterocycles. The number of benzene rings is 2. The average Bonchev–Trinajstić information content (AvgIpc) is 2.52. The van der Waals surface area contributed by atoms with Crippen molar-refractivity contribution in [1.82, 2.24) is 0 Å². The Kier molecular flexibility index (Phi) is 5.30. The van der Waals surface area contributed by atoms with E-state index >= 15 is 0 Å². The van der Waals surface area contributed by atoms with Gasteiger partial charge in [0.05, 0.1) is 0 Å². The molecule has 0 unspecified atom stereocenters. The Bertz CT molecular complexity index is 976. The Morgan fingerprint density at radius 2 is 1.48 bits per heavy atom. The van der Waals surface area contributed by atoms with Crippen molar-refractivity contribution in [3.63, 3.8) is 0 Å². The van der Waals surface area contributed by atoms with Crippen LogP contribution in [0.5, 0.6) is 5.75 Å². The number of phenolic OH excluding ortho intramolecular Hbond substituents is 1. The summed E-state index contributed by atoms with van der Waals surface area (Å²) < 4.78 is 123. The van der Waals surface area contributed by atoms with E-state index in [1.165, 1.54) is 0 Å². The van der Waals surface area contributed by atoms with Crippen LogP contribution in [-0.2, 0) is 22.8 Å². The first-order chi connectivity index (χ1) is 12.2. The second-order valence-electron chi connectivity index (χ2n) is 5.12. The summed E-state index contributed by atoms with van der Waals surface area (Å²) in [7, 11) is -4.87. The van der Waals surface area contributed by atoms with Crippen molar-refractivity contribution in [1.29, 1.82) is 0 Å². The van der Waals surface area contributed by atoms with Gasteiger partial charge in [0, 0.05) is 17.8 Å². The van der Waals surface area contributed by atoms with Gasteiger partial charge in [-0.15, -0.1) is 0 Å². The molecule has 0 radical (unpaired) electrons. The van der Waals surface area contributed by atoms with Crippen molar-refractivity contribution >= 4 is 15.8 Å². The number of phenols is 1. The molecule has 0 spiro atoms. The third-order valence-corrected chi connectivity index (χ3v) is 4.23. The van der Waals surface area contributed by atoms with Crippen LogP contribution in [0.2, 0.25) is 0 Å². The highest BCUT2D eigenvalue weighted by molar-refractivity contribution is 7.86. The van der Waals surface area contributed by atoms with Gasteiger partial charge in [0.25, 0.3) is 10.1 Å². The maximum atomic E-state index is 13.8. The standard InChI is InChI=1S/C14H8F7NO4S/c15-10-6(11(16)13(18)9(12(10)17)14(19,20)21)4-22-5-1-2-7(23)8(3-5)27(24,25)26/h1-3,22-23H,4H2,(H,24,25,26). The van der Waals surface area contributed by atoms with Gasteiger partial charge in [-0.2, -0.15) is 21.6 Å². The third-order valence-electron chi connectivity index (χ3n) is 3.34. The van der Waals surface area contributed by atoms with Crippen LogP contribution >= 0.6 is 0 Å². The molecule has 0 fully saturated rings. The average molecular weight is 419 g/mol. The third kappa shape index (κ3) is 4.08. The minimum absolute atomic E-state index is 0.292. The maximum Gasteiger partial charge on any atom is 0.422 e. The van der Waals surface area contributed by atoms with Crippen molar-refractivity contribution in [2.45, 2.75) is 17.6 Å². The van der Waals surface area contributed by atoms with Crippen molar-refractivity contribution < 1.29 is 48.8 Å². The number of hydrogen-bond donors (Lipinski definition) is 3. The van der Waals surface area contributed by atoms with Crippen LogP contribution in [0.3, 0.4) is 0 Å². The second-order valence-corrected chi connectivity index (χ2v) is 6.51. The molecule has 148 valence electrons. The van der Waals surface area contributed by atoms with E-state index in [-0.39, 0.29) is 5.69 Å². The topological polar surface area (TPSA) is 86.6 Å². The van der Waals surface area contributed by atoms with Gasteiger partial charge < -0.3 is 10.4 Å². The highest BCUT2D eigenvalue weighted by Crippen LogP contribution is 2.37. The van der Waals surface area contributed by atoms with E-state index in [0.717, 1.165) is 12.1 Å². The summed E-state index contributed by atoms with van der Waals surface area (Å²) in [5.41, 5.74) is -4.43. The summed E-state index contributed by atoms with van der Waals surface area (Å²) in [6, 6.07) is 2.36. The minimum atomic E-state index is -5.68. The highest BCUT2D eigenvalue weighted by Gasteiger charge is 2.42. The van der Waals surface area contributed by atoms with Crippen molar-refractivity contribution in [3.05, 3.63) is 52.6 Å². The molecule has 3 N–H and O–H groups in total.